The number of carbonyl (C=O) groups excluding carboxylic acids is 1. The smallest absolute Gasteiger partial charge is 0.150 e. The molecule has 0 N–H and O–H groups in total. The van der Waals surface area contributed by atoms with Crippen LogP contribution in [0, 0.1) is 13.8 Å². The van der Waals surface area contributed by atoms with Crippen LogP contribution in [0.5, 0.6) is 0 Å². The van der Waals surface area contributed by atoms with Crippen LogP contribution in [0.3, 0.4) is 0 Å². The lowest BCUT2D eigenvalue weighted by Gasteiger charge is -2.08. The van der Waals surface area contributed by atoms with Gasteiger partial charge in [-0.15, -0.1) is 0 Å². The zero-order chi connectivity index (χ0) is 12.3. The van der Waals surface area contributed by atoms with E-state index in [4.69, 9.17) is 0 Å². The molecule has 2 aromatic rings. The molecule has 0 amide bonds. The van der Waals surface area contributed by atoms with Gasteiger partial charge < -0.3 is 0 Å². The maximum Gasteiger partial charge on any atom is 0.150 e. The van der Waals surface area contributed by atoms with Crippen LogP contribution in [0.4, 0.5) is 0 Å². The van der Waals surface area contributed by atoms with Crippen LogP contribution in [-0.2, 0) is 0 Å². The lowest BCUT2D eigenvalue weighted by molar-refractivity contribution is 0.112. The number of hydrogen-bond donors (Lipinski definition) is 0. The first-order chi connectivity index (χ1) is 8.20. The van der Waals surface area contributed by atoms with E-state index in [-0.39, 0.29) is 0 Å². The lowest BCUT2D eigenvalue weighted by atomic mass is 10.0. The van der Waals surface area contributed by atoms with E-state index in [1.807, 2.05) is 19.9 Å². The van der Waals surface area contributed by atoms with Crippen LogP contribution in [0.25, 0.3) is 0 Å². The second-order valence-corrected chi connectivity index (χ2v) is 5.54. The molecule has 0 bridgehead atoms. The highest BCUT2D eigenvalue weighted by molar-refractivity contribution is 7.55. The third-order valence-corrected chi connectivity index (χ3v) is 3.97. The fourth-order valence-electron chi connectivity index (χ4n) is 1.92. The summed E-state index contributed by atoms with van der Waals surface area (Å²) in [7, 11) is 0.651. The maximum absolute atomic E-state index is 10.9. The third kappa shape index (κ3) is 2.81. The van der Waals surface area contributed by atoms with Crippen molar-refractivity contribution in [3.63, 3.8) is 0 Å². The molecule has 2 rings (SSSR count). The van der Waals surface area contributed by atoms with Gasteiger partial charge >= 0.3 is 0 Å². The monoisotopic (exact) mass is 242 g/mol. The molecule has 0 aromatic heterocycles. The number of rotatable bonds is 3. The summed E-state index contributed by atoms with van der Waals surface area (Å²) in [4.78, 5) is 10.9. The molecule has 2 heteroatoms. The number of aryl methyl sites for hydroxylation is 2. The molecule has 0 radical (unpaired) electrons. The molecule has 0 heterocycles. The molecule has 0 aliphatic rings. The van der Waals surface area contributed by atoms with Gasteiger partial charge in [0.1, 0.15) is 0 Å². The number of benzene rings is 2. The zero-order valence-electron chi connectivity index (χ0n) is 10.0. The fourth-order valence-corrected chi connectivity index (χ4v) is 3.19. The average molecular weight is 242 g/mol. The van der Waals surface area contributed by atoms with Crippen molar-refractivity contribution in [2.75, 3.05) is 0 Å². The normalized spacial score (nSPS) is 10.9. The molecular weight excluding hydrogens is 227 g/mol. The van der Waals surface area contributed by atoms with Crippen molar-refractivity contribution in [1.29, 1.82) is 0 Å². The standard InChI is InChI=1S/C15H15OP/c1-11-8-14(9-12(2)15(11)10-16)17-13-6-4-3-5-7-13/h3-10,17H,1-2H3. The second kappa shape index (κ2) is 5.25. The van der Waals surface area contributed by atoms with Gasteiger partial charge in [0.05, 0.1) is 0 Å². The highest BCUT2D eigenvalue weighted by Crippen LogP contribution is 2.16. The topological polar surface area (TPSA) is 17.1 Å². The van der Waals surface area contributed by atoms with Gasteiger partial charge in [0.2, 0.25) is 0 Å². The third-order valence-electron chi connectivity index (χ3n) is 2.77. The summed E-state index contributed by atoms with van der Waals surface area (Å²) in [5.41, 5.74) is 2.96. The van der Waals surface area contributed by atoms with Crippen LogP contribution < -0.4 is 10.6 Å². The highest BCUT2D eigenvalue weighted by Gasteiger charge is 2.04. The van der Waals surface area contributed by atoms with Crippen LogP contribution in [-0.4, -0.2) is 6.29 Å². The van der Waals surface area contributed by atoms with Gasteiger partial charge in [0, 0.05) is 5.56 Å². The zero-order valence-corrected chi connectivity index (χ0v) is 11.0. The van der Waals surface area contributed by atoms with E-state index in [2.05, 4.69) is 36.4 Å². The minimum absolute atomic E-state index is 0.651. The first-order valence-corrected chi connectivity index (χ1v) is 6.59. The summed E-state index contributed by atoms with van der Waals surface area (Å²) in [6.45, 7) is 3.99. The van der Waals surface area contributed by atoms with Crippen molar-refractivity contribution in [2.24, 2.45) is 0 Å². The van der Waals surface area contributed by atoms with E-state index < -0.39 is 0 Å². The van der Waals surface area contributed by atoms with Gasteiger partial charge in [-0.2, -0.15) is 0 Å². The number of hydrogen-bond acceptors (Lipinski definition) is 1. The first-order valence-electron chi connectivity index (χ1n) is 5.59. The molecule has 1 unspecified atom stereocenters. The summed E-state index contributed by atoms with van der Waals surface area (Å²) < 4.78 is 0. The van der Waals surface area contributed by atoms with Crippen molar-refractivity contribution in [3.8, 4) is 0 Å². The number of carbonyl (C=O) groups is 1. The highest BCUT2D eigenvalue weighted by atomic mass is 31.1. The fraction of sp³-hybridized carbons (Fsp3) is 0.133. The molecule has 2 aromatic carbocycles. The van der Waals surface area contributed by atoms with Gasteiger partial charge in [-0.25, -0.2) is 0 Å². The van der Waals surface area contributed by atoms with E-state index in [9.17, 15) is 4.79 Å². The Bertz CT molecular complexity index is 509. The Labute approximate surface area is 104 Å². The molecule has 0 saturated heterocycles. The summed E-state index contributed by atoms with van der Waals surface area (Å²) in [6, 6.07) is 14.6. The predicted molar refractivity (Wildman–Crippen MR) is 75.3 cm³/mol. The molecule has 1 atom stereocenters. The van der Waals surface area contributed by atoms with Crippen molar-refractivity contribution < 1.29 is 4.79 Å². The van der Waals surface area contributed by atoms with Gasteiger partial charge in [0.15, 0.2) is 6.29 Å². The van der Waals surface area contributed by atoms with E-state index in [1.54, 1.807) is 0 Å². The summed E-state index contributed by atoms with van der Waals surface area (Å²) in [5, 5.41) is 2.61. The second-order valence-electron chi connectivity index (χ2n) is 4.13. The molecular formula is C15H15OP. The first kappa shape index (κ1) is 12.0. The molecule has 0 saturated carbocycles. The quantitative estimate of drug-likeness (QED) is 0.597. The molecule has 0 aliphatic heterocycles. The molecule has 1 nitrogen and oxygen atoms in total. The molecule has 0 fully saturated rings. The van der Waals surface area contributed by atoms with Crippen molar-refractivity contribution in [2.45, 2.75) is 13.8 Å². The minimum atomic E-state index is 0.651. The van der Waals surface area contributed by atoms with E-state index in [0.717, 1.165) is 23.0 Å². The Morgan fingerprint density at radius 1 is 0.941 bits per heavy atom. The molecule has 0 spiro atoms. The molecule has 86 valence electrons. The molecule has 0 aliphatic carbocycles. The Morgan fingerprint density at radius 3 is 2.06 bits per heavy atom. The Balaban J connectivity index is 2.32. The van der Waals surface area contributed by atoms with Crippen LogP contribution in [0.15, 0.2) is 42.5 Å². The molecule has 17 heavy (non-hydrogen) atoms. The van der Waals surface area contributed by atoms with Gasteiger partial charge in [-0.1, -0.05) is 51.0 Å². The summed E-state index contributed by atoms with van der Waals surface area (Å²) >= 11 is 0. The van der Waals surface area contributed by atoms with Crippen LogP contribution >= 0.6 is 8.58 Å². The van der Waals surface area contributed by atoms with Crippen LogP contribution in [0.1, 0.15) is 21.5 Å². The Morgan fingerprint density at radius 2 is 1.53 bits per heavy atom. The SMILES string of the molecule is Cc1cc(Pc2ccccc2)cc(C)c1C=O. The maximum atomic E-state index is 10.9. The van der Waals surface area contributed by atoms with Crippen molar-refractivity contribution in [1.82, 2.24) is 0 Å². The van der Waals surface area contributed by atoms with E-state index >= 15 is 0 Å². The minimum Gasteiger partial charge on any atom is -0.298 e. The Kier molecular flexibility index (Phi) is 3.71. The van der Waals surface area contributed by atoms with Crippen molar-refractivity contribution >= 4 is 25.5 Å². The van der Waals surface area contributed by atoms with E-state index in [0.29, 0.717) is 8.58 Å². The average Bonchev–Trinajstić information content (AvgIpc) is 2.30. The number of aldehydes is 1. The predicted octanol–water partition coefficient (Wildman–Crippen LogP) is 2.75. The van der Waals surface area contributed by atoms with Crippen LogP contribution in [0.2, 0.25) is 0 Å². The van der Waals surface area contributed by atoms with E-state index in [1.165, 1.54) is 10.6 Å². The lowest BCUT2D eigenvalue weighted by Crippen LogP contribution is -2.06. The largest absolute Gasteiger partial charge is 0.298 e. The van der Waals surface area contributed by atoms with Crippen molar-refractivity contribution in [3.05, 3.63) is 59.2 Å². The van der Waals surface area contributed by atoms with Gasteiger partial charge in [-0.05, 0) is 35.6 Å². The van der Waals surface area contributed by atoms with Gasteiger partial charge in [0.25, 0.3) is 0 Å². The van der Waals surface area contributed by atoms with Gasteiger partial charge in [-0.3, -0.25) is 4.79 Å². The Hall–Kier alpha value is -1.46. The summed E-state index contributed by atoms with van der Waals surface area (Å²) in [5.74, 6) is 0. The summed E-state index contributed by atoms with van der Waals surface area (Å²) in [6.07, 6.45) is 0.945.